The van der Waals surface area contributed by atoms with Crippen LogP contribution in [-0.2, 0) is 37.0 Å². The Morgan fingerprint density at radius 1 is 0.978 bits per heavy atom. The molecule has 4 unspecified atom stereocenters. The molecule has 2 fully saturated rings. The molecule has 3 aromatic rings. The number of carboxylic acids is 1. The summed E-state index contributed by atoms with van der Waals surface area (Å²) >= 11 is 0. The van der Waals surface area contributed by atoms with Crippen LogP contribution in [0.5, 0.6) is 0 Å². The molecule has 2 heterocycles. The molecule has 3 N–H and O–H groups in total. The van der Waals surface area contributed by atoms with E-state index in [9.17, 15) is 14.7 Å². The van der Waals surface area contributed by atoms with Gasteiger partial charge in [0, 0.05) is 51.1 Å². The van der Waals surface area contributed by atoms with Crippen LogP contribution in [0.3, 0.4) is 0 Å². The van der Waals surface area contributed by atoms with E-state index < -0.39 is 12.3 Å². The molecule has 2 aliphatic heterocycles. The van der Waals surface area contributed by atoms with Crippen LogP contribution < -0.4 is 5.32 Å². The minimum atomic E-state index is -0.898. The Labute approximate surface area is 265 Å². The standard InChI is InChI=1S/C36H44N2O7/c1-43-24-30-7-5-19-38(30)22-31-20-33(27-13-11-25(23-39)12-14-27)45-36(44-31)28-17-15-26(16-18-28)32-8-3-2-6-29(32)21-37-34(40)9-4-10-35(41)42/h2-3,6,8,11-18,30-31,33,36,39H,4-5,7,9-10,19-24H2,1H3,(H,37,40)(H,41,42). The molecule has 2 aliphatic rings. The predicted molar refractivity (Wildman–Crippen MR) is 170 cm³/mol. The van der Waals surface area contributed by atoms with Crippen molar-refractivity contribution in [3.63, 3.8) is 0 Å². The number of rotatable bonds is 14. The van der Waals surface area contributed by atoms with E-state index in [4.69, 9.17) is 19.3 Å². The van der Waals surface area contributed by atoms with E-state index in [2.05, 4.69) is 22.3 Å². The zero-order chi connectivity index (χ0) is 31.6. The average Bonchev–Trinajstić information content (AvgIpc) is 3.50. The van der Waals surface area contributed by atoms with Crippen molar-refractivity contribution in [1.29, 1.82) is 0 Å². The second-order valence-electron chi connectivity index (χ2n) is 11.9. The number of aliphatic hydroxyl groups excluding tert-OH is 1. The summed E-state index contributed by atoms with van der Waals surface area (Å²) in [4.78, 5) is 25.5. The molecular formula is C36H44N2O7. The van der Waals surface area contributed by atoms with Crippen LogP contribution in [0.25, 0.3) is 11.1 Å². The Hall–Kier alpha value is -3.60. The third-order valence-corrected chi connectivity index (χ3v) is 8.69. The Kier molecular flexibility index (Phi) is 11.7. The number of carboxylic acid groups (broad SMARTS) is 1. The van der Waals surface area contributed by atoms with Gasteiger partial charge in [0.2, 0.25) is 5.91 Å². The molecule has 3 aromatic carbocycles. The minimum Gasteiger partial charge on any atom is -0.481 e. The molecule has 2 saturated heterocycles. The molecule has 4 atom stereocenters. The summed E-state index contributed by atoms with van der Waals surface area (Å²) in [5.41, 5.74) is 5.86. The fourth-order valence-electron chi connectivity index (χ4n) is 6.27. The topological polar surface area (TPSA) is 118 Å². The third-order valence-electron chi connectivity index (χ3n) is 8.69. The third kappa shape index (κ3) is 8.99. The number of aliphatic hydroxyl groups is 1. The number of likely N-dealkylation sites (tertiary alicyclic amines) is 1. The van der Waals surface area contributed by atoms with Crippen LogP contribution in [0.2, 0.25) is 0 Å². The smallest absolute Gasteiger partial charge is 0.303 e. The first-order valence-electron chi connectivity index (χ1n) is 15.8. The highest BCUT2D eigenvalue weighted by atomic mass is 16.7. The lowest BCUT2D eigenvalue weighted by Crippen LogP contribution is -2.42. The molecule has 9 heteroatoms. The van der Waals surface area contributed by atoms with Crippen LogP contribution in [0.1, 0.15) is 73.2 Å². The van der Waals surface area contributed by atoms with Crippen LogP contribution in [0, 0.1) is 0 Å². The fourth-order valence-corrected chi connectivity index (χ4v) is 6.27. The number of aliphatic carboxylic acids is 1. The molecule has 9 nitrogen and oxygen atoms in total. The van der Waals surface area contributed by atoms with Gasteiger partial charge in [-0.3, -0.25) is 14.5 Å². The molecule has 0 bridgehead atoms. The number of methoxy groups -OCH3 is 1. The number of ether oxygens (including phenoxy) is 3. The lowest BCUT2D eigenvalue weighted by molar-refractivity contribution is -0.253. The van der Waals surface area contributed by atoms with E-state index in [1.165, 1.54) is 0 Å². The highest BCUT2D eigenvalue weighted by Crippen LogP contribution is 2.39. The Bertz CT molecular complexity index is 1400. The number of hydrogen-bond donors (Lipinski definition) is 3. The molecule has 5 rings (SSSR count). The maximum absolute atomic E-state index is 12.3. The summed E-state index contributed by atoms with van der Waals surface area (Å²) in [5, 5.41) is 21.3. The van der Waals surface area contributed by atoms with Gasteiger partial charge in [-0.25, -0.2) is 0 Å². The van der Waals surface area contributed by atoms with Crippen molar-refractivity contribution in [1.82, 2.24) is 10.2 Å². The molecular weight excluding hydrogens is 572 g/mol. The number of benzene rings is 3. The van der Waals surface area contributed by atoms with Crippen molar-refractivity contribution in [2.24, 2.45) is 0 Å². The largest absolute Gasteiger partial charge is 0.481 e. The maximum Gasteiger partial charge on any atom is 0.303 e. The molecule has 0 radical (unpaired) electrons. The average molecular weight is 617 g/mol. The van der Waals surface area contributed by atoms with Gasteiger partial charge in [0.1, 0.15) is 0 Å². The number of nitrogens with zero attached hydrogens (tertiary/aromatic N) is 1. The van der Waals surface area contributed by atoms with Crippen molar-refractivity contribution >= 4 is 11.9 Å². The predicted octanol–water partition coefficient (Wildman–Crippen LogP) is 5.37. The molecule has 0 aliphatic carbocycles. The molecule has 240 valence electrons. The summed E-state index contributed by atoms with van der Waals surface area (Å²) in [6, 6.07) is 24.5. The van der Waals surface area contributed by atoms with E-state index in [0.717, 1.165) is 72.3 Å². The quantitative estimate of drug-likeness (QED) is 0.221. The summed E-state index contributed by atoms with van der Waals surface area (Å²) in [6.07, 6.45) is 2.79. The fraction of sp³-hybridized carbons (Fsp3) is 0.444. The van der Waals surface area contributed by atoms with Crippen molar-refractivity contribution in [3.05, 3.63) is 95.1 Å². The lowest BCUT2D eigenvalue weighted by atomic mass is 9.97. The Morgan fingerprint density at radius 2 is 1.73 bits per heavy atom. The van der Waals surface area contributed by atoms with Crippen molar-refractivity contribution in [2.75, 3.05) is 26.8 Å². The van der Waals surface area contributed by atoms with Crippen molar-refractivity contribution in [2.45, 2.75) is 76.2 Å². The zero-order valence-corrected chi connectivity index (χ0v) is 25.9. The van der Waals surface area contributed by atoms with Gasteiger partial charge in [-0.15, -0.1) is 0 Å². The minimum absolute atomic E-state index is 0.00462. The molecule has 0 spiro atoms. The highest BCUT2D eigenvalue weighted by molar-refractivity contribution is 5.77. The van der Waals surface area contributed by atoms with Crippen LogP contribution in [-0.4, -0.2) is 65.9 Å². The van der Waals surface area contributed by atoms with Gasteiger partial charge >= 0.3 is 5.97 Å². The number of carbonyl (C=O) groups excluding carboxylic acids is 1. The molecule has 0 saturated carbocycles. The van der Waals surface area contributed by atoms with Gasteiger partial charge in [0.05, 0.1) is 25.4 Å². The van der Waals surface area contributed by atoms with E-state index in [0.29, 0.717) is 19.0 Å². The summed E-state index contributed by atoms with van der Waals surface area (Å²) in [7, 11) is 1.76. The second kappa shape index (κ2) is 16.1. The van der Waals surface area contributed by atoms with Crippen LogP contribution in [0.4, 0.5) is 0 Å². The molecule has 45 heavy (non-hydrogen) atoms. The SMILES string of the molecule is COCC1CCCN1CC1CC(c2ccc(CO)cc2)OC(c2ccc(-c3ccccc3CNC(=O)CCCC(=O)O)cc2)O1. The van der Waals surface area contributed by atoms with E-state index in [1.807, 2.05) is 60.7 Å². The van der Waals surface area contributed by atoms with E-state index >= 15 is 0 Å². The first kappa shape index (κ1) is 32.8. The number of amides is 1. The second-order valence-corrected chi connectivity index (χ2v) is 11.9. The normalized spacial score (nSPS) is 21.9. The summed E-state index contributed by atoms with van der Waals surface area (Å²) in [5.74, 6) is -1.06. The molecule has 1 amide bonds. The number of nitrogens with one attached hydrogen (secondary N) is 1. The first-order valence-corrected chi connectivity index (χ1v) is 15.8. The van der Waals surface area contributed by atoms with E-state index in [1.54, 1.807) is 7.11 Å². The van der Waals surface area contributed by atoms with Crippen LogP contribution >= 0.6 is 0 Å². The summed E-state index contributed by atoms with van der Waals surface area (Å²) < 4.78 is 18.7. The Morgan fingerprint density at radius 3 is 2.47 bits per heavy atom. The van der Waals surface area contributed by atoms with Crippen molar-refractivity contribution in [3.8, 4) is 11.1 Å². The van der Waals surface area contributed by atoms with Gasteiger partial charge in [0.15, 0.2) is 6.29 Å². The lowest BCUT2D eigenvalue weighted by Gasteiger charge is -2.38. The van der Waals surface area contributed by atoms with Crippen LogP contribution in [0.15, 0.2) is 72.8 Å². The monoisotopic (exact) mass is 616 g/mol. The van der Waals surface area contributed by atoms with Gasteiger partial charge in [-0.2, -0.15) is 0 Å². The first-order chi connectivity index (χ1) is 21.9. The molecule has 0 aromatic heterocycles. The number of carbonyl (C=O) groups is 2. The maximum atomic E-state index is 12.3. The van der Waals surface area contributed by atoms with Gasteiger partial charge in [0.25, 0.3) is 0 Å². The highest BCUT2D eigenvalue weighted by Gasteiger charge is 2.35. The number of hydrogen-bond acceptors (Lipinski definition) is 7. The Balaban J connectivity index is 1.30. The zero-order valence-electron chi connectivity index (χ0n) is 25.9. The van der Waals surface area contributed by atoms with E-state index in [-0.39, 0.29) is 37.6 Å². The summed E-state index contributed by atoms with van der Waals surface area (Å²) in [6.45, 7) is 2.93. The van der Waals surface area contributed by atoms with Gasteiger partial charge in [-0.1, -0.05) is 72.8 Å². The van der Waals surface area contributed by atoms with Crippen molar-refractivity contribution < 1.29 is 34.0 Å². The van der Waals surface area contributed by atoms with Gasteiger partial charge < -0.3 is 29.7 Å². The van der Waals surface area contributed by atoms with Gasteiger partial charge in [-0.05, 0) is 53.6 Å².